The standard InChI is InChI=1S/C17H26ClNO/c1-12(2)10-17(3,20)11-19-14-8-13(9-14)15-6-4-5-7-16(15)18/h4-7,12-14,19-20H,8-11H2,1-3H3. The third kappa shape index (κ3) is 4.21. The molecule has 112 valence electrons. The Balaban J connectivity index is 1.76. The summed E-state index contributed by atoms with van der Waals surface area (Å²) in [5.74, 6) is 1.08. The van der Waals surface area contributed by atoms with Gasteiger partial charge in [-0.3, -0.25) is 0 Å². The fraction of sp³-hybridized carbons (Fsp3) is 0.647. The first kappa shape index (κ1) is 15.8. The van der Waals surface area contributed by atoms with Crippen LogP contribution in [0.2, 0.25) is 5.02 Å². The van der Waals surface area contributed by atoms with Crippen molar-refractivity contribution in [2.75, 3.05) is 6.54 Å². The summed E-state index contributed by atoms with van der Waals surface area (Å²) in [5, 5.41) is 14.7. The molecule has 1 saturated carbocycles. The maximum atomic E-state index is 10.3. The van der Waals surface area contributed by atoms with Crippen LogP contribution < -0.4 is 5.32 Å². The molecule has 0 aliphatic heterocycles. The van der Waals surface area contributed by atoms with E-state index in [4.69, 9.17) is 11.6 Å². The molecule has 2 rings (SSSR count). The molecule has 0 spiro atoms. The van der Waals surface area contributed by atoms with Gasteiger partial charge in [0.05, 0.1) is 5.60 Å². The number of nitrogens with one attached hydrogen (secondary N) is 1. The Labute approximate surface area is 127 Å². The summed E-state index contributed by atoms with van der Waals surface area (Å²) in [5.41, 5.74) is 0.657. The molecule has 0 amide bonds. The third-order valence-electron chi connectivity index (χ3n) is 4.10. The van der Waals surface area contributed by atoms with Crippen LogP contribution in [0.3, 0.4) is 0 Å². The largest absolute Gasteiger partial charge is 0.389 e. The Morgan fingerprint density at radius 3 is 2.60 bits per heavy atom. The molecular weight excluding hydrogens is 270 g/mol. The van der Waals surface area contributed by atoms with Gasteiger partial charge in [0.25, 0.3) is 0 Å². The Morgan fingerprint density at radius 2 is 2.00 bits per heavy atom. The quantitative estimate of drug-likeness (QED) is 0.832. The first-order chi connectivity index (χ1) is 9.37. The van der Waals surface area contributed by atoms with Crippen LogP contribution in [0.1, 0.15) is 51.5 Å². The highest BCUT2D eigenvalue weighted by molar-refractivity contribution is 6.31. The van der Waals surface area contributed by atoms with Gasteiger partial charge in [-0.25, -0.2) is 0 Å². The van der Waals surface area contributed by atoms with E-state index in [1.165, 1.54) is 5.56 Å². The van der Waals surface area contributed by atoms with Gasteiger partial charge < -0.3 is 10.4 Å². The topological polar surface area (TPSA) is 32.3 Å². The van der Waals surface area contributed by atoms with Crippen molar-refractivity contribution in [2.24, 2.45) is 5.92 Å². The molecule has 1 aliphatic carbocycles. The third-order valence-corrected chi connectivity index (χ3v) is 4.45. The van der Waals surface area contributed by atoms with Crippen molar-refractivity contribution in [1.29, 1.82) is 0 Å². The zero-order valence-electron chi connectivity index (χ0n) is 12.7. The van der Waals surface area contributed by atoms with E-state index >= 15 is 0 Å². The molecule has 0 radical (unpaired) electrons. The highest BCUT2D eigenvalue weighted by Gasteiger charge is 2.32. The Bertz CT molecular complexity index is 438. The van der Waals surface area contributed by atoms with Gasteiger partial charge in [0.15, 0.2) is 0 Å². The van der Waals surface area contributed by atoms with Crippen LogP contribution in [0.25, 0.3) is 0 Å². The summed E-state index contributed by atoms with van der Waals surface area (Å²) in [6.07, 6.45) is 3.06. The second kappa shape index (κ2) is 6.46. The van der Waals surface area contributed by atoms with Crippen molar-refractivity contribution in [3.8, 4) is 0 Å². The molecule has 1 aromatic rings. The van der Waals surface area contributed by atoms with Crippen LogP contribution in [0.15, 0.2) is 24.3 Å². The second-order valence-electron chi connectivity index (χ2n) is 6.86. The molecule has 2 N–H and O–H groups in total. The summed E-state index contributed by atoms with van der Waals surface area (Å²) in [4.78, 5) is 0. The number of aliphatic hydroxyl groups is 1. The lowest BCUT2D eigenvalue weighted by atomic mass is 9.75. The van der Waals surface area contributed by atoms with Crippen molar-refractivity contribution in [3.63, 3.8) is 0 Å². The molecule has 0 aromatic heterocycles. The predicted molar refractivity (Wildman–Crippen MR) is 85.3 cm³/mol. The minimum atomic E-state index is -0.607. The smallest absolute Gasteiger partial charge is 0.0746 e. The minimum absolute atomic E-state index is 0.509. The van der Waals surface area contributed by atoms with E-state index in [0.29, 0.717) is 24.4 Å². The molecule has 1 atom stereocenters. The number of benzene rings is 1. The van der Waals surface area contributed by atoms with Gasteiger partial charge in [0.1, 0.15) is 0 Å². The maximum absolute atomic E-state index is 10.3. The molecule has 1 unspecified atom stereocenters. The number of hydrogen-bond acceptors (Lipinski definition) is 2. The van der Waals surface area contributed by atoms with E-state index < -0.39 is 5.60 Å². The summed E-state index contributed by atoms with van der Waals surface area (Å²) in [7, 11) is 0. The van der Waals surface area contributed by atoms with Crippen LogP contribution in [0, 0.1) is 5.92 Å². The molecule has 1 aromatic carbocycles. The molecule has 0 bridgehead atoms. The second-order valence-corrected chi connectivity index (χ2v) is 7.27. The molecular formula is C17H26ClNO. The Kier molecular flexibility index (Phi) is 5.11. The van der Waals surface area contributed by atoms with Gasteiger partial charge in [-0.2, -0.15) is 0 Å². The fourth-order valence-electron chi connectivity index (χ4n) is 3.16. The molecule has 1 aliphatic rings. The average Bonchev–Trinajstić information content (AvgIpc) is 2.27. The first-order valence-electron chi connectivity index (χ1n) is 7.57. The van der Waals surface area contributed by atoms with Crippen LogP contribution in [0.5, 0.6) is 0 Å². The van der Waals surface area contributed by atoms with Gasteiger partial charge >= 0.3 is 0 Å². The van der Waals surface area contributed by atoms with Gasteiger partial charge in [0.2, 0.25) is 0 Å². The van der Waals surface area contributed by atoms with E-state index in [1.807, 2.05) is 19.1 Å². The van der Waals surface area contributed by atoms with E-state index in [2.05, 4.69) is 31.3 Å². The maximum Gasteiger partial charge on any atom is 0.0746 e. The SMILES string of the molecule is CC(C)CC(C)(O)CNC1CC(c2ccccc2Cl)C1. The van der Waals surface area contributed by atoms with Gasteiger partial charge in [-0.15, -0.1) is 0 Å². The van der Waals surface area contributed by atoms with E-state index in [9.17, 15) is 5.11 Å². The predicted octanol–water partition coefficient (Wildman–Crippen LogP) is 3.97. The molecule has 0 saturated heterocycles. The molecule has 0 heterocycles. The molecule has 2 nitrogen and oxygen atoms in total. The van der Waals surface area contributed by atoms with Crippen molar-refractivity contribution < 1.29 is 5.11 Å². The average molecular weight is 296 g/mol. The summed E-state index contributed by atoms with van der Waals surface area (Å²) < 4.78 is 0. The Morgan fingerprint density at radius 1 is 1.35 bits per heavy atom. The molecule has 3 heteroatoms. The fourth-order valence-corrected chi connectivity index (χ4v) is 3.45. The number of halogens is 1. The Hall–Kier alpha value is -0.570. The van der Waals surface area contributed by atoms with Crippen molar-refractivity contribution >= 4 is 11.6 Å². The van der Waals surface area contributed by atoms with Gasteiger partial charge in [-0.05, 0) is 49.7 Å². The lowest BCUT2D eigenvalue weighted by molar-refractivity contribution is 0.0320. The van der Waals surface area contributed by atoms with Crippen molar-refractivity contribution in [3.05, 3.63) is 34.9 Å². The van der Waals surface area contributed by atoms with Crippen LogP contribution in [-0.4, -0.2) is 23.3 Å². The molecule has 20 heavy (non-hydrogen) atoms. The highest BCUT2D eigenvalue weighted by atomic mass is 35.5. The van der Waals surface area contributed by atoms with Crippen molar-refractivity contribution in [2.45, 2.75) is 57.6 Å². The van der Waals surface area contributed by atoms with Gasteiger partial charge in [-0.1, -0.05) is 43.6 Å². The van der Waals surface area contributed by atoms with E-state index in [0.717, 1.165) is 24.3 Å². The normalized spacial score (nSPS) is 25.3. The van der Waals surface area contributed by atoms with Crippen LogP contribution in [-0.2, 0) is 0 Å². The summed E-state index contributed by atoms with van der Waals surface area (Å²) >= 11 is 6.23. The highest BCUT2D eigenvalue weighted by Crippen LogP contribution is 2.40. The zero-order valence-corrected chi connectivity index (χ0v) is 13.5. The lowest BCUT2D eigenvalue weighted by Gasteiger charge is -2.39. The van der Waals surface area contributed by atoms with Crippen LogP contribution >= 0.6 is 11.6 Å². The first-order valence-corrected chi connectivity index (χ1v) is 7.95. The van der Waals surface area contributed by atoms with E-state index in [-0.39, 0.29) is 0 Å². The minimum Gasteiger partial charge on any atom is -0.389 e. The summed E-state index contributed by atoms with van der Waals surface area (Å²) in [6, 6.07) is 8.62. The lowest BCUT2D eigenvalue weighted by Crippen LogP contribution is -2.47. The van der Waals surface area contributed by atoms with Crippen LogP contribution in [0.4, 0.5) is 0 Å². The van der Waals surface area contributed by atoms with Gasteiger partial charge in [0, 0.05) is 17.6 Å². The number of hydrogen-bond donors (Lipinski definition) is 2. The summed E-state index contributed by atoms with van der Waals surface area (Å²) in [6.45, 7) is 6.88. The number of rotatable bonds is 6. The zero-order chi connectivity index (χ0) is 14.8. The molecule has 1 fully saturated rings. The van der Waals surface area contributed by atoms with Crippen molar-refractivity contribution in [1.82, 2.24) is 5.32 Å². The van der Waals surface area contributed by atoms with E-state index in [1.54, 1.807) is 0 Å². The monoisotopic (exact) mass is 295 g/mol.